The second kappa shape index (κ2) is 4.13. The van der Waals surface area contributed by atoms with Crippen molar-refractivity contribution in [2.75, 3.05) is 0 Å². The molecule has 0 aliphatic carbocycles. The van der Waals surface area contributed by atoms with Crippen LogP contribution in [-0.2, 0) is 0 Å². The van der Waals surface area contributed by atoms with E-state index in [2.05, 4.69) is 27.1 Å². The molecule has 0 saturated heterocycles. The summed E-state index contributed by atoms with van der Waals surface area (Å²) >= 11 is 5.96. The lowest BCUT2D eigenvalue weighted by molar-refractivity contribution is 1.04. The Morgan fingerprint density at radius 1 is 1.92 bits per heavy atom. The molecule has 0 bridgehead atoms. The van der Waals surface area contributed by atoms with E-state index in [0.717, 1.165) is 11.3 Å². The minimum absolute atomic E-state index is 0.159. The van der Waals surface area contributed by atoms with Crippen LogP contribution in [-0.4, -0.2) is 15.7 Å². The largest absolute Gasteiger partial charge is 0.375 e. The molecule has 0 atom stereocenters. The molecule has 6 heteroatoms. The quantitative estimate of drug-likeness (QED) is 0.417. The topological polar surface area (TPSA) is 63.3 Å². The molecule has 1 rings (SSSR count). The van der Waals surface area contributed by atoms with Crippen LogP contribution in [0.4, 0.5) is 0 Å². The molecule has 12 heavy (non-hydrogen) atoms. The molecule has 0 fully saturated rings. The first kappa shape index (κ1) is 9.08. The first-order valence-electron chi connectivity index (χ1n) is 3.19. The van der Waals surface area contributed by atoms with E-state index < -0.39 is 0 Å². The van der Waals surface area contributed by atoms with Crippen molar-refractivity contribution in [2.45, 2.75) is 6.92 Å². The van der Waals surface area contributed by atoms with Crippen LogP contribution in [0, 0.1) is 6.92 Å². The van der Waals surface area contributed by atoms with Gasteiger partial charge in [-0.3, -0.25) is 5.43 Å². The summed E-state index contributed by atoms with van der Waals surface area (Å²) in [5.74, 6) is 0. The van der Waals surface area contributed by atoms with Crippen molar-refractivity contribution in [3.05, 3.63) is 16.6 Å². The molecule has 1 aromatic heterocycles. The molecule has 4 nitrogen and oxygen atoms in total. The number of hydrogen-bond acceptors (Lipinski definition) is 4. The standard InChI is InChI=1S/C6H8N4S2/c1-4-5(3-12-10-4)2-8-9-6(7)11/h2-3H,1H3,(H3,7,9,11)/b8-2-. The summed E-state index contributed by atoms with van der Waals surface area (Å²) in [5.41, 5.74) is 9.56. The van der Waals surface area contributed by atoms with Crippen molar-refractivity contribution in [1.29, 1.82) is 0 Å². The van der Waals surface area contributed by atoms with Gasteiger partial charge >= 0.3 is 0 Å². The van der Waals surface area contributed by atoms with Crippen molar-refractivity contribution in [1.82, 2.24) is 9.80 Å². The molecule has 0 unspecified atom stereocenters. The van der Waals surface area contributed by atoms with E-state index in [1.54, 1.807) is 6.21 Å². The zero-order valence-electron chi connectivity index (χ0n) is 6.44. The molecule has 1 aromatic rings. The van der Waals surface area contributed by atoms with Crippen LogP contribution in [0.2, 0.25) is 0 Å². The van der Waals surface area contributed by atoms with Gasteiger partial charge in [0.2, 0.25) is 0 Å². The first-order chi connectivity index (χ1) is 5.70. The molecular formula is C6H8N4S2. The van der Waals surface area contributed by atoms with E-state index in [1.807, 2.05) is 12.3 Å². The highest BCUT2D eigenvalue weighted by atomic mass is 32.1. The Hall–Kier alpha value is -1.01. The van der Waals surface area contributed by atoms with Gasteiger partial charge in [0, 0.05) is 10.9 Å². The lowest BCUT2D eigenvalue weighted by Crippen LogP contribution is -2.23. The molecule has 0 aromatic carbocycles. The predicted octanol–water partition coefficient (Wildman–Crippen LogP) is 0.619. The fourth-order valence-electron chi connectivity index (χ4n) is 0.589. The second-order valence-electron chi connectivity index (χ2n) is 2.09. The van der Waals surface area contributed by atoms with Gasteiger partial charge < -0.3 is 5.73 Å². The Morgan fingerprint density at radius 2 is 2.67 bits per heavy atom. The number of hydrazone groups is 1. The van der Waals surface area contributed by atoms with Gasteiger partial charge in [-0.05, 0) is 30.7 Å². The molecule has 1 heterocycles. The summed E-state index contributed by atoms with van der Waals surface area (Å²) < 4.78 is 4.07. The fraction of sp³-hybridized carbons (Fsp3) is 0.167. The lowest BCUT2D eigenvalue weighted by atomic mass is 10.3. The maximum absolute atomic E-state index is 5.16. The molecule has 0 amide bonds. The number of nitrogens with zero attached hydrogens (tertiary/aromatic N) is 2. The van der Waals surface area contributed by atoms with Crippen LogP contribution >= 0.6 is 23.8 Å². The smallest absolute Gasteiger partial charge is 0.184 e. The van der Waals surface area contributed by atoms with Crippen molar-refractivity contribution in [3.63, 3.8) is 0 Å². The van der Waals surface area contributed by atoms with Crippen LogP contribution < -0.4 is 11.2 Å². The summed E-state index contributed by atoms with van der Waals surface area (Å²) in [7, 11) is 0. The van der Waals surface area contributed by atoms with E-state index in [0.29, 0.717) is 0 Å². The number of aryl methyl sites for hydroxylation is 1. The van der Waals surface area contributed by atoms with Gasteiger partial charge in [0.15, 0.2) is 5.11 Å². The molecule has 3 N–H and O–H groups in total. The Bertz CT molecular complexity index is 304. The van der Waals surface area contributed by atoms with Crippen molar-refractivity contribution in [2.24, 2.45) is 10.8 Å². The molecule has 64 valence electrons. The summed E-state index contributed by atoms with van der Waals surface area (Å²) in [5, 5.41) is 5.86. The van der Waals surface area contributed by atoms with Gasteiger partial charge in [-0.2, -0.15) is 9.47 Å². The number of nitrogens with two attached hydrogens (primary N) is 1. The van der Waals surface area contributed by atoms with E-state index in [9.17, 15) is 0 Å². The summed E-state index contributed by atoms with van der Waals surface area (Å²) in [6.45, 7) is 1.92. The number of aromatic nitrogens is 1. The van der Waals surface area contributed by atoms with E-state index >= 15 is 0 Å². The third-order valence-electron chi connectivity index (χ3n) is 1.17. The van der Waals surface area contributed by atoms with Gasteiger partial charge in [-0.15, -0.1) is 0 Å². The van der Waals surface area contributed by atoms with Crippen LogP contribution in [0.3, 0.4) is 0 Å². The van der Waals surface area contributed by atoms with Gasteiger partial charge in [0.1, 0.15) is 0 Å². The predicted molar refractivity (Wildman–Crippen MR) is 54.4 cm³/mol. The van der Waals surface area contributed by atoms with E-state index in [4.69, 9.17) is 5.73 Å². The summed E-state index contributed by atoms with van der Waals surface area (Å²) in [6.07, 6.45) is 1.64. The number of rotatable bonds is 2. The van der Waals surface area contributed by atoms with Crippen molar-refractivity contribution in [3.8, 4) is 0 Å². The average molecular weight is 200 g/mol. The average Bonchev–Trinajstić information content (AvgIpc) is 2.36. The maximum atomic E-state index is 5.16. The van der Waals surface area contributed by atoms with Crippen LogP contribution in [0.15, 0.2) is 10.5 Å². The number of hydrogen-bond donors (Lipinski definition) is 2. The molecular weight excluding hydrogens is 192 g/mol. The minimum atomic E-state index is 0.159. The van der Waals surface area contributed by atoms with E-state index in [1.165, 1.54) is 11.5 Å². The van der Waals surface area contributed by atoms with Gasteiger partial charge in [0.05, 0.1) is 11.9 Å². The summed E-state index contributed by atoms with van der Waals surface area (Å²) in [6, 6.07) is 0. The highest BCUT2D eigenvalue weighted by Gasteiger charge is 1.95. The van der Waals surface area contributed by atoms with Crippen LogP contribution in [0.25, 0.3) is 0 Å². The number of thiocarbonyl (C=S) groups is 1. The minimum Gasteiger partial charge on any atom is -0.375 e. The highest BCUT2D eigenvalue weighted by molar-refractivity contribution is 7.80. The Morgan fingerprint density at radius 3 is 3.17 bits per heavy atom. The van der Waals surface area contributed by atoms with Gasteiger partial charge in [0.25, 0.3) is 0 Å². The second-order valence-corrected chi connectivity index (χ2v) is 3.16. The van der Waals surface area contributed by atoms with Gasteiger partial charge in [-0.25, -0.2) is 0 Å². The maximum Gasteiger partial charge on any atom is 0.184 e. The van der Waals surface area contributed by atoms with Crippen LogP contribution in [0.1, 0.15) is 11.3 Å². The Labute approximate surface area is 79.6 Å². The third kappa shape index (κ3) is 2.55. The molecule has 0 spiro atoms. The van der Waals surface area contributed by atoms with Gasteiger partial charge in [-0.1, -0.05) is 0 Å². The third-order valence-corrected chi connectivity index (χ3v) is 2.00. The number of nitrogens with one attached hydrogen (secondary N) is 1. The highest BCUT2D eigenvalue weighted by Crippen LogP contribution is 2.05. The summed E-state index contributed by atoms with van der Waals surface area (Å²) in [4.78, 5) is 0. The van der Waals surface area contributed by atoms with Crippen LogP contribution in [0.5, 0.6) is 0 Å². The monoisotopic (exact) mass is 200 g/mol. The van der Waals surface area contributed by atoms with Crippen molar-refractivity contribution >= 4 is 35.1 Å². The zero-order valence-corrected chi connectivity index (χ0v) is 8.08. The Balaban J connectivity index is 2.57. The Kier molecular flexibility index (Phi) is 3.12. The normalized spacial score (nSPS) is 10.4. The fourth-order valence-corrected chi connectivity index (χ4v) is 1.30. The molecule has 0 aliphatic rings. The zero-order chi connectivity index (χ0) is 8.97. The van der Waals surface area contributed by atoms with E-state index in [-0.39, 0.29) is 5.11 Å². The van der Waals surface area contributed by atoms with Crippen molar-refractivity contribution < 1.29 is 0 Å². The first-order valence-corrected chi connectivity index (χ1v) is 4.44. The molecule has 0 radical (unpaired) electrons. The molecule has 0 aliphatic heterocycles. The SMILES string of the molecule is Cc1nscc1/C=N\NC(N)=S. The lowest BCUT2D eigenvalue weighted by Gasteiger charge is -1.92. The molecule has 0 saturated carbocycles.